The molecule has 0 aromatic carbocycles. The third kappa shape index (κ3) is 3.72. The second-order valence-corrected chi connectivity index (χ2v) is 4.39. The van der Waals surface area contributed by atoms with Gasteiger partial charge in [-0.1, -0.05) is 0 Å². The van der Waals surface area contributed by atoms with Gasteiger partial charge in [0.15, 0.2) is 6.29 Å². The minimum atomic E-state index is 0.00555. The van der Waals surface area contributed by atoms with Crippen LogP contribution < -0.4 is 5.73 Å². The van der Waals surface area contributed by atoms with Crippen LogP contribution in [-0.2, 0) is 14.2 Å². The summed E-state index contributed by atoms with van der Waals surface area (Å²) in [5, 5.41) is 0. The molecule has 0 aromatic rings. The Balaban J connectivity index is 1.44. The SMILES string of the molecule is NC1CC(OCCOC2CCCCO2)C1. The maximum Gasteiger partial charge on any atom is 0.157 e. The van der Waals surface area contributed by atoms with Crippen molar-refractivity contribution in [3.63, 3.8) is 0 Å². The second-order valence-electron chi connectivity index (χ2n) is 4.39. The topological polar surface area (TPSA) is 53.7 Å². The van der Waals surface area contributed by atoms with E-state index in [1.54, 1.807) is 0 Å². The van der Waals surface area contributed by atoms with Crippen LogP contribution in [0.2, 0.25) is 0 Å². The Morgan fingerprint density at radius 1 is 1.13 bits per heavy atom. The van der Waals surface area contributed by atoms with E-state index in [1.807, 2.05) is 0 Å². The molecule has 0 aromatic heterocycles. The molecule has 1 heterocycles. The van der Waals surface area contributed by atoms with Gasteiger partial charge in [-0.05, 0) is 32.1 Å². The third-order valence-electron chi connectivity index (χ3n) is 3.01. The third-order valence-corrected chi connectivity index (χ3v) is 3.01. The van der Waals surface area contributed by atoms with Crippen LogP contribution in [0.3, 0.4) is 0 Å². The fourth-order valence-corrected chi connectivity index (χ4v) is 1.98. The predicted molar refractivity (Wildman–Crippen MR) is 56.5 cm³/mol. The van der Waals surface area contributed by atoms with Gasteiger partial charge >= 0.3 is 0 Å². The minimum Gasteiger partial charge on any atom is -0.376 e. The van der Waals surface area contributed by atoms with Gasteiger partial charge in [0.1, 0.15) is 0 Å². The molecule has 0 radical (unpaired) electrons. The van der Waals surface area contributed by atoms with E-state index in [2.05, 4.69) is 0 Å². The van der Waals surface area contributed by atoms with E-state index >= 15 is 0 Å². The van der Waals surface area contributed by atoms with Crippen molar-refractivity contribution < 1.29 is 14.2 Å². The van der Waals surface area contributed by atoms with Gasteiger partial charge < -0.3 is 19.9 Å². The Bertz CT molecular complexity index is 177. The van der Waals surface area contributed by atoms with Gasteiger partial charge in [-0.3, -0.25) is 0 Å². The summed E-state index contributed by atoms with van der Waals surface area (Å²) < 4.78 is 16.6. The molecular formula is C11H21NO3. The second kappa shape index (κ2) is 5.80. The van der Waals surface area contributed by atoms with Crippen LogP contribution >= 0.6 is 0 Å². The Hall–Kier alpha value is -0.160. The molecule has 4 heteroatoms. The molecule has 1 atom stereocenters. The van der Waals surface area contributed by atoms with Gasteiger partial charge in [-0.15, -0.1) is 0 Å². The van der Waals surface area contributed by atoms with E-state index in [1.165, 1.54) is 6.42 Å². The lowest BCUT2D eigenvalue weighted by Gasteiger charge is -2.32. The molecule has 2 fully saturated rings. The number of nitrogens with two attached hydrogens (primary N) is 1. The van der Waals surface area contributed by atoms with E-state index in [0.29, 0.717) is 25.4 Å². The normalized spacial score (nSPS) is 36.2. The van der Waals surface area contributed by atoms with Crippen molar-refractivity contribution in [2.45, 2.75) is 50.5 Å². The number of ether oxygens (including phenoxy) is 3. The summed E-state index contributed by atoms with van der Waals surface area (Å²) in [5.41, 5.74) is 5.66. The molecule has 1 unspecified atom stereocenters. The fourth-order valence-electron chi connectivity index (χ4n) is 1.98. The van der Waals surface area contributed by atoms with E-state index < -0.39 is 0 Å². The fraction of sp³-hybridized carbons (Fsp3) is 1.00. The highest BCUT2D eigenvalue weighted by molar-refractivity contribution is 4.82. The lowest BCUT2D eigenvalue weighted by molar-refractivity contribution is -0.173. The van der Waals surface area contributed by atoms with Crippen LogP contribution in [-0.4, -0.2) is 38.3 Å². The van der Waals surface area contributed by atoms with Gasteiger partial charge in [-0.2, -0.15) is 0 Å². The number of hydrogen-bond donors (Lipinski definition) is 1. The van der Waals surface area contributed by atoms with Crippen LogP contribution in [0, 0.1) is 0 Å². The van der Waals surface area contributed by atoms with Crippen molar-refractivity contribution in [1.29, 1.82) is 0 Å². The molecule has 0 amide bonds. The Morgan fingerprint density at radius 2 is 1.93 bits per heavy atom. The van der Waals surface area contributed by atoms with E-state index in [0.717, 1.165) is 32.3 Å². The Labute approximate surface area is 91.1 Å². The van der Waals surface area contributed by atoms with Crippen molar-refractivity contribution >= 4 is 0 Å². The van der Waals surface area contributed by atoms with Crippen molar-refractivity contribution in [2.75, 3.05) is 19.8 Å². The van der Waals surface area contributed by atoms with E-state index in [-0.39, 0.29) is 6.29 Å². The first-order chi connectivity index (χ1) is 7.34. The van der Waals surface area contributed by atoms with Crippen LogP contribution in [0.1, 0.15) is 32.1 Å². The minimum absolute atomic E-state index is 0.00555. The average molecular weight is 215 g/mol. The molecule has 15 heavy (non-hydrogen) atoms. The van der Waals surface area contributed by atoms with Crippen molar-refractivity contribution in [2.24, 2.45) is 5.73 Å². The zero-order chi connectivity index (χ0) is 10.5. The summed E-state index contributed by atoms with van der Waals surface area (Å²) in [6, 6.07) is 0.359. The van der Waals surface area contributed by atoms with Crippen molar-refractivity contribution in [1.82, 2.24) is 0 Å². The zero-order valence-electron chi connectivity index (χ0n) is 9.19. The number of rotatable bonds is 5. The highest BCUT2D eigenvalue weighted by Gasteiger charge is 2.26. The van der Waals surface area contributed by atoms with Gasteiger partial charge in [0, 0.05) is 12.6 Å². The maximum atomic E-state index is 5.66. The lowest BCUT2D eigenvalue weighted by Crippen LogP contribution is -2.42. The summed E-state index contributed by atoms with van der Waals surface area (Å²) in [7, 11) is 0. The Kier molecular flexibility index (Phi) is 4.38. The summed E-state index contributed by atoms with van der Waals surface area (Å²) in [4.78, 5) is 0. The van der Waals surface area contributed by atoms with Crippen LogP contribution in [0.25, 0.3) is 0 Å². The van der Waals surface area contributed by atoms with Crippen LogP contribution in [0.5, 0.6) is 0 Å². The van der Waals surface area contributed by atoms with Gasteiger partial charge in [0.05, 0.1) is 19.3 Å². The zero-order valence-corrected chi connectivity index (χ0v) is 9.19. The molecule has 2 rings (SSSR count). The molecule has 2 aliphatic rings. The molecule has 4 nitrogen and oxygen atoms in total. The van der Waals surface area contributed by atoms with Crippen molar-refractivity contribution in [3.8, 4) is 0 Å². The smallest absolute Gasteiger partial charge is 0.157 e. The molecule has 1 saturated heterocycles. The molecule has 0 spiro atoms. The quantitative estimate of drug-likeness (QED) is 0.696. The van der Waals surface area contributed by atoms with Crippen molar-refractivity contribution in [3.05, 3.63) is 0 Å². The van der Waals surface area contributed by atoms with Crippen LogP contribution in [0.15, 0.2) is 0 Å². The van der Waals surface area contributed by atoms with Crippen LogP contribution in [0.4, 0.5) is 0 Å². The maximum absolute atomic E-state index is 5.66. The molecular weight excluding hydrogens is 194 g/mol. The summed E-state index contributed by atoms with van der Waals surface area (Å²) in [5.74, 6) is 0. The van der Waals surface area contributed by atoms with E-state index in [4.69, 9.17) is 19.9 Å². The van der Waals surface area contributed by atoms with E-state index in [9.17, 15) is 0 Å². The van der Waals surface area contributed by atoms with Gasteiger partial charge in [0.25, 0.3) is 0 Å². The molecule has 1 aliphatic carbocycles. The molecule has 1 saturated carbocycles. The highest BCUT2D eigenvalue weighted by Crippen LogP contribution is 2.21. The first-order valence-corrected chi connectivity index (χ1v) is 5.95. The van der Waals surface area contributed by atoms with Gasteiger partial charge in [-0.25, -0.2) is 0 Å². The molecule has 2 N–H and O–H groups in total. The summed E-state index contributed by atoms with van der Waals surface area (Å²) >= 11 is 0. The number of hydrogen-bond acceptors (Lipinski definition) is 4. The Morgan fingerprint density at radius 3 is 2.60 bits per heavy atom. The largest absolute Gasteiger partial charge is 0.376 e. The first-order valence-electron chi connectivity index (χ1n) is 5.95. The monoisotopic (exact) mass is 215 g/mol. The van der Waals surface area contributed by atoms with Gasteiger partial charge in [0.2, 0.25) is 0 Å². The average Bonchev–Trinajstić information content (AvgIpc) is 2.23. The highest BCUT2D eigenvalue weighted by atomic mass is 16.7. The predicted octanol–water partition coefficient (Wildman–Crippen LogP) is 1.04. The molecule has 0 bridgehead atoms. The molecule has 88 valence electrons. The lowest BCUT2D eigenvalue weighted by atomic mass is 9.90. The summed E-state index contributed by atoms with van der Waals surface area (Å²) in [6.07, 6.45) is 5.77. The molecule has 1 aliphatic heterocycles. The summed E-state index contributed by atoms with van der Waals surface area (Å²) in [6.45, 7) is 2.14. The first kappa shape index (κ1) is 11.3. The standard InChI is InChI=1S/C11H21NO3/c12-9-7-10(8-9)13-5-6-15-11-3-1-2-4-14-11/h9-11H,1-8,12H2.